The van der Waals surface area contributed by atoms with Crippen LogP contribution in [-0.2, 0) is 30.3 Å². The Bertz CT molecular complexity index is 1390. The van der Waals surface area contributed by atoms with Gasteiger partial charge in [-0.2, -0.15) is 10.4 Å². The Labute approximate surface area is 213 Å². The van der Waals surface area contributed by atoms with E-state index >= 15 is 0 Å². The maximum absolute atomic E-state index is 13.8. The van der Waals surface area contributed by atoms with Crippen LogP contribution in [0.2, 0.25) is 0 Å². The van der Waals surface area contributed by atoms with Crippen molar-refractivity contribution in [2.45, 2.75) is 20.3 Å². The van der Waals surface area contributed by atoms with Gasteiger partial charge in [-0.3, -0.25) is 15.1 Å². The van der Waals surface area contributed by atoms with Gasteiger partial charge in [-0.1, -0.05) is 37.3 Å². The van der Waals surface area contributed by atoms with Crippen LogP contribution in [0.15, 0.2) is 71.0 Å². The Hall–Kier alpha value is -4.78. The number of hydrogen-bond donors (Lipinski definition) is 1. The molecular weight excluding hydrogens is 474 g/mol. The lowest BCUT2D eigenvalue weighted by atomic mass is 9.68. The molecule has 0 spiro atoms. The van der Waals surface area contributed by atoms with Gasteiger partial charge in [0.15, 0.2) is 5.41 Å². The van der Waals surface area contributed by atoms with E-state index in [2.05, 4.69) is 5.10 Å². The lowest BCUT2D eigenvalue weighted by Gasteiger charge is -2.30. The summed E-state index contributed by atoms with van der Waals surface area (Å²) >= 11 is 0. The van der Waals surface area contributed by atoms with Gasteiger partial charge in [-0.15, -0.1) is 0 Å². The van der Waals surface area contributed by atoms with Gasteiger partial charge in [0, 0.05) is 5.69 Å². The second-order valence-corrected chi connectivity index (χ2v) is 8.49. The van der Waals surface area contributed by atoms with Gasteiger partial charge in [-0.25, -0.2) is 14.6 Å². The number of anilines is 2. The molecule has 0 aliphatic carbocycles. The molecule has 0 bridgehead atoms. The minimum absolute atomic E-state index is 0.203. The van der Waals surface area contributed by atoms with Crippen LogP contribution in [0.3, 0.4) is 0 Å². The van der Waals surface area contributed by atoms with Crippen LogP contribution in [-0.4, -0.2) is 43.6 Å². The molecule has 0 aromatic heterocycles. The molecule has 0 saturated carbocycles. The predicted octanol–water partition coefficient (Wildman–Crippen LogP) is 3.20. The van der Waals surface area contributed by atoms with Gasteiger partial charge in [0.25, 0.3) is 5.91 Å². The van der Waals surface area contributed by atoms with Gasteiger partial charge < -0.3 is 9.47 Å². The largest absolute Gasteiger partial charge is 0.466 e. The van der Waals surface area contributed by atoms with Crippen molar-refractivity contribution in [3.05, 3.63) is 71.4 Å². The molecule has 1 N–H and O–H groups in total. The van der Waals surface area contributed by atoms with Crippen LogP contribution in [0.25, 0.3) is 0 Å². The fourth-order valence-corrected chi connectivity index (χ4v) is 4.77. The van der Waals surface area contributed by atoms with Crippen molar-refractivity contribution in [1.29, 1.82) is 10.7 Å². The molecule has 2 unspecified atom stereocenters. The Morgan fingerprint density at radius 2 is 1.68 bits per heavy atom. The number of ether oxygens (including phenoxy) is 2. The maximum atomic E-state index is 13.8. The summed E-state index contributed by atoms with van der Waals surface area (Å²) in [5.41, 5.74) is -1.01. The second kappa shape index (κ2) is 9.70. The monoisotopic (exact) mass is 499 g/mol. The number of nitriles is 1. The smallest absolute Gasteiger partial charge is 0.355 e. The number of amidine groups is 1. The number of carbonyl (C=O) groups excluding carboxylic acids is 3. The van der Waals surface area contributed by atoms with Crippen molar-refractivity contribution in [2.75, 3.05) is 24.1 Å². The zero-order chi connectivity index (χ0) is 26.9. The molecule has 2 aromatic rings. The summed E-state index contributed by atoms with van der Waals surface area (Å²) in [6.07, 6.45) is 0.758. The molecule has 37 heavy (non-hydrogen) atoms. The van der Waals surface area contributed by atoms with Crippen LogP contribution in [0.4, 0.5) is 11.4 Å². The first kappa shape index (κ1) is 25.3. The van der Waals surface area contributed by atoms with Gasteiger partial charge in [-0.05, 0) is 43.2 Å². The van der Waals surface area contributed by atoms with Crippen LogP contribution in [0.1, 0.15) is 19.4 Å². The van der Waals surface area contributed by atoms with Crippen LogP contribution >= 0.6 is 0 Å². The number of para-hydroxylation sites is 1. The number of hydrazone groups is 1. The third-order valence-corrected chi connectivity index (χ3v) is 6.56. The zero-order valence-electron chi connectivity index (χ0n) is 20.8. The number of benzene rings is 2. The lowest BCUT2D eigenvalue weighted by Crippen LogP contribution is -2.48. The van der Waals surface area contributed by atoms with Crippen molar-refractivity contribution in [1.82, 2.24) is 0 Å². The molecule has 2 aliphatic rings. The number of nitrogens with one attached hydrogen (secondary N) is 1. The number of amides is 1. The van der Waals surface area contributed by atoms with Crippen LogP contribution in [0, 0.1) is 28.1 Å². The highest BCUT2D eigenvalue weighted by molar-refractivity contribution is 6.28. The third-order valence-electron chi connectivity index (χ3n) is 6.56. The average molecular weight is 500 g/mol. The van der Waals surface area contributed by atoms with E-state index in [0.717, 1.165) is 31.2 Å². The summed E-state index contributed by atoms with van der Waals surface area (Å²) in [5, 5.41) is 25.3. The van der Waals surface area contributed by atoms with E-state index in [1.165, 1.54) is 4.90 Å². The summed E-state index contributed by atoms with van der Waals surface area (Å²) in [5.74, 6) is -4.44. The summed E-state index contributed by atoms with van der Waals surface area (Å²) in [4.78, 5) is 41.3. The fraction of sp³-hybridized carbons (Fsp3) is 0.259. The number of carbonyl (C=O) groups is 3. The van der Waals surface area contributed by atoms with E-state index in [4.69, 9.17) is 9.47 Å². The number of rotatable bonds is 6. The lowest BCUT2D eigenvalue weighted by molar-refractivity contribution is -0.139. The highest BCUT2D eigenvalue weighted by Gasteiger charge is 2.65. The first-order valence-corrected chi connectivity index (χ1v) is 11.5. The fourth-order valence-electron chi connectivity index (χ4n) is 4.77. The molecule has 2 heterocycles. The summed E-state index contributed by atoms with van der Waals surface area (Å²) < 4.78 is 9.95. The van der Waals surface area contributed by atoms with Crippen molar-refractivity contribution >= 4 is 40.8 Å². The number of esters is 2. The quantitative estimate of drug-likeness (QED) is 0.603. The molecule has 0 radical (unpaired) electrons. The number of hydrogen-bond acceptors (Lipinski definition) is 8. The highest BCUT2D eigenvalue weighted by Crippen LogP contribution is 2.51. The first-order valence-electron chi connectivity index (χ1n) is 11.5. The summed E-state index contributed by atoms with van der Waals surface area (Å²) in [6.45, 7) is 3.53. The van der Waals surface area contributed by atoms with E-state index in [-0.39, 0.29) is 11.4 Å². The maximum Gasteiger partial charge on any atom is 0.355 e. The first-order chi connectivity index (χ1) is 17.8. The third kappa shape index (κ3) is 3.76. The van der Waals surface area contributed by atoms with Crippen molar-refractivity contribution in [3.8, 4) is 6.07 Å². The molecule has 1 amide bonds. The number of nitrogens with zero attached hydrogens (tertiary/aromatic N) is 4. The molecule has 2 atom stereocenters. The van der Waals surface area contributed by atoms with Gasteiger partial charge in [0.1, 0.15) is 17.5 Å². The molecule has 0 fully saturated rings. The molecule has 10 nitrogen and oxygen atoms in total. The number of aryl methyl sites for hydroxylation is 1. The Morgan fingerprint density at radius 3 is 2.22 bits per heavy atom. The molecule has 2 aromatic carbocycles. The molecular formula is C27H25N5O5. The van der Waals surface area contributed by atoms with Gasteiger partial charge in [0.2, 0.25) is 0 Å². The standard InChI is InChI=1S/C27H25N5O5/c1-5-17-11-13-18(14-12-17)31-22(25(35)37-4)21(24(34)36-3)27(15-28,26(31)29)20-16(2)30-32(23(20)33)19-9-7-6-8-10-19/h6-14,20,29H,5H2,1-4H3. The van der Waals surface area contributed by atoms with E-state index in [0.29, 0.717) is 11.4 Å². The summed E-state index contributed by atoms with van der Waals surface area (Å²) in [7, 11) is 2.23. The molecule has 0 saturated heterocycles. The Balaban J connectivity index is 1.97. The van der Waals surface area contributed by atoms with Crippen molar-refractivity contribution in [2.24, 2.45) is 16.4 Å². The number of methoxy groups -OCH3 is 2. The SMILES string of the molecule is CCc1ccc(N2C(=N)C(C#N)(C3C(=O)N(c4ccccc4)N=C3C)C(C(=O)OC)=C2C(=O)OC)cc1. The van der Waals surface area contributed by atoms with E-state index in [1.807, 2.05) is 25.1 Å². The van der Waals surface area contributed by atoms with Crippen LogP contribution in [0.5, 0.6) is 0 Å². The predicted molar refractivity (Wildman–Crippen MR) is 136 cm³/mol. The van der Waals surface area contributed by atoms with Crippen molar-refractivity contribution < 1.29 is 23.9 Å². The minimum atomic E-state index is -2.21. The molecule has 2 aliphatic heterocycles. The Kier molecular flexibility index (Phi) is 6.64. The molecule has 188 valence electrons. The van der Waals surface area contributed by atoms with E-state index in [1.54, 1.807) is 49.4 Å². The topological polar surface area (TPSA) is 136 Å². The minimum Gasteiger partial charge on any atom is -0.466 e. The van der Waals surface area contributed by atoms with Gasteiger partial charge in [0.05, 0.1) is 37.3 Å². The zero-order valence-corrected chi connectivity index (χ0v) is 20.8. The molecule has 4 rings (SSSR count). The molecule has 10 heteroatoms. The highest BCUT2D eigenvalue weighted by atomic mass is 16.5. The average Bonchev–Trinajstić information content (AvgIpc) is 3.38. The Morgan fingerprint density at radius 1 is 1.05 bits per heavy atom. The van der Waals surface area contributed by atoms with E-state index in [9.17, 15) is 25.1 Å². The van der Waals surface area contributed by atoms with Crippen molar-refractivity contribution in [3.63, 3.8) is 0 Å². The van der Waals surface area contributed by atoms with Crippen LogP contribution < -0.4 is 9.91 Å². The normalized spacial score (nSPS) is 21.2. The van der Waals surface area contributed by atoms with Gasteiger partial charge >= 0.3 is 11.9 Å². The second-order valence-electron chi connectivity index (χ2n) is 8.49. The van der Waals surface area contributed by atoms with E-state index < -0.39 is 40.6 Å². The summed E-state index contributed by atoms with van der Waals surface area (Å²) in [6, 6.07) is 17.6.